The minimum absolute atomic E-state index is 0.841. The van der Waals surface area contributed by atoms with E-state index in [2.05, 4.69) is 304 Å². The van der Waals surface area contributed by atoms with Crippen LogP contribution in [0.1, 0.15) is 16.7 Å². The smallest absolute Gasteiger partial charge is 0.142 e. The predicted octanol–water partition coefficient (Wildman–Crippen LogP) is 22.3. The third-order valence-corrected chi connectivity index (χ3v) is 16.4. The van der Waals surface area contributed by atoms with Gasteiger partial charge < -0.3 is 18.6 Å². The zero-order chi connectivity index (χ0) is 54.1. The van der Waals surface area contributed by atoms with E-state index in [1.807, 2.05) is 0 Å². The average molecular weight is 1040 g/mol. The van der Waals surface area contributed by atoms with Crippen molar-refractivity contribution < 1.29 is 8.83 Å². The Morgan fingerprint density at radius 3 is 1.05 bits per heavy atom. The molecule has 0 aliphatic rings. The number of anilines is 6. The number of furan rings is 2. The molecule has 0 bridgehead atoms. The molecular weight excluding hydrogens is 985 g/mol. The molecule has 0 saturated heterocycles. The van der Waals surface area contributed by atoms with E-state index in [9.17, 15) is 0 Å². The van der Waals surface area contributed by atoms with Crippen molar-refractivity contribution in [1.29, 1.82) is 0 Å². The van der Waals surface area contributed by atoms with Gasteiger partial charge in [-0.2, -0.15) is 0 Å². The van der Waals surface area contributed by atoms with Crippen molar-refractivity contribution in [2.45, 2.75) is 20.8 Å². The monoisotopic (exact) mass is 1040 g/mol. The molecule has 0 amide bonds. The Morgan fingerprint density at radius 2 is 0.642 bits per heavy atom. The molecule has 81 heavy (non-hydrogen) atoms. The highest BCUT2D eigenvalue weighted by atomic mass is 16.3. The van der Waals surface area contributed by atoms with Gasteiger partial charge >= 0.3 is 0 Å². The Kier molecular flexibility index (Phi) is 11.5. The van der Waals surface area contributed by atoms with E-state index >= 15 is 0 Å². The Bertz CT molecular complexity index is 4600. The van der Waals surface area contributed by atoms with Gasteiger partial charge in [0, 0.05) is 61.0 Å². The van der Waals surface area contributed by atoms with E-state index in [4.69, 9.17) is 8.83 Å². The first-order valence-corrected chi connectivity index (χ1v) is 27.8. The van der Waals surface area contributed by atoms with Gasteiger partial charge in [-0.05, 0) is 178 Å². The van der Waals surface area contributed by atoms with Crippen molar-refractivity contribution in [2.75, 3.05) is 9.80 Å². The molecule has 13 aromatic carbocycles. The van der Waals surface area contributed by atoms with Crippen molar-refractivity contribution in [3.8, 4) is 44.5 Å². The zero-order valence-electron chi connectivity index (χ0n) is 45.2. The third kappa shape index (κ3) is 8.31. The van der Waals surface area contributed by atoms with Crippen LogP contribution < -0.4 is 9.80 Å². The number of para-hydroxylation sites is 2. The van der Waals surface area contributed by atoms with Crippen LogP contribution in [0.25, 0.3) is 110 Å². The molecule has 0 aliphatic heterocycles. The molecule has 15 aromatic rings. The summed E-state index contributed by atoms with van der Waals surface area (Å²) in [6, 6.07) is 98.7. The zero-order valence-corrected chi connectivity index (χ0v) is 45.2. The van der Waals surface area contributed by atoms with Gasteiger partial charge in [0.1, 0.15) is 22.3 Å². The van der Waals surface area contributed by atoms with E-state index in [1.165, 1.54) is 33.4 Å². The van der Waals surface area contributed by atoms with E-state index < -0.39 is 0 Å². The summed E-state index contributed by atoms with van der Waals surface area (Å²) < 4.78 is 13.8. The van der Waals surface area contributed by atoms with Gasteiger partial charge in [0.25, 0.3) is 0 Å². The van der Waals surface area contributed by atoms with Crippen LogP contribution in [0, 0.1) is 20.8 Å². The minimum Gasteiger partial charge on any atom is -0.456 e. The first-order chi connectivity index (χ1) is 39.9. The maximum Gasteiger partial charge on any atom is 0.142 e. The second-order valence-corrected chi connectivity index (χ2v) is 21.4. The topological polar surface area (TPSA) is 32.8 Å². The van der Waals surface area contributed by atoms with Crippen molar-refractivity contribution in [1.82, 2.24) is 0 Å². The van der Waals surface area contributed by atoms with Gasteiger partial charge in [0.15, 0.2) is 0 Å². The van der Waals surface area contributed by atoms with E-state index in [-0.39, 0.29) is 0 Å². The second kappa shape index (κ2) is 19.5. The molecule has 2 heterocycles. The Hall–Kier alpha value is -10.4. The normalized spacial score (nSPS) is 11.6. The third-order valence-electron chi connectivity index (χ3n) is 16.4. The van der Waals surface area contributed by atoms with Crippen LogP contribution in [0.4, 0.5) is 34.1 Å². The maximum absolute atomic E-state index is 6.92. The molecule has 2 aromatic heterocycles. The number of fused-ring (bicyclic) bond motifs is 8. The highest BCUT2D eigenvalue weighted by Gasteiger charge is 2.24. The van der Waals surface area contributed by atoms with Crippen LogP contribution in [0.15, 0.2) is 282 Å². The maximum atomic E-state index is 6.92. The Balaban J connectivity index is 0.838. The Morgan fingerprint density at radius 1 is 0.259 bits per heavy atom. The summed E-state index contributed by atoms with van der Waals surface area (Å²) in [5, 5.41) is 8.79. The van der Waals surface area contributed by atoms with Gasteiger partial charge in [0.05, 0.1) is 11.4 Å². The summed E-state index contributed by atoms with van der Waals surface area (Å²) in [7, 11) is 0. The molecule has 15 rings (SSSR count). The standard InChI is InChI=1S/C77H54N2O2/c1-49-20-16-18-30-70(49)78(72-38-34-56(52-22-8-4-9-23-52)42-64(72)54-26-12-6-13-27-54)62-36-32-58-44-66-68-48-69-67-45-59-33-37-63(41-61(59)47-75(67)81-77(69)51(3)76(68)80-74(66)46-60(58)40-62)79(71-31-19-17-21-50(71)2)73-39-35-57(53-24-10-5-11-25-53)43-65(73)55-28-14-7-15-29-55/h4-48H,1-3H3. The number of hydrogen-bond acceptors (Lipinski definition) is 4. The fourth-order valence-electron chi connectivity index (χ4n) is 12.3. The van der Waals surface area contributed by atoms with Gasteiger partial charge in [-0.3, -0.25) is 0 Å². The molecule has 0 N–H and O–H groups in total. The first-order valence-electron chi connectivity index (χ1n) is 27.8. The van der Waals surface area contributed by atoms with Crippen LogP contribution in [-0.4, -0.2) is 0 Å². The predicted molar refractivity (Wildman–Crippen MR) is 341 cm³/mol. The van der Waals surface area contributed by atoms with E-state index in [0.717, 1.165) is 127 Å². The molecule has 0 fully saturated rings. The second-order valence-electron chi connectivity index (χ2n) is 21.4. The lowest BCUT2D eigenvalue weighted by molar-refractivity contribution is 0.651. The number of hydrogen-bond donors (Lipinski definition) is 0. The molecule has 4 heteroatoms. The average Bonchev–Trinajstić information content (AvgIpc) is 4.22. The lowest BCUT2D eigenvalue weighted by Crippen LogP contribution is -2.12. The van der Waals surface area contributed by atoms with E-state index in [1.54, 1.807) is 0 Å². The van der Waals surface area contributed by atoms with Gasteiger partial charge in [-0.1, -0.05) is 182 Å². The molecule has 0 unspecified atom stereocenters. The number of rotatable bonds is 10. The van der Waals surface area contributed by atoms with Crippen molar-refractivity contribution in [2.24, 2.45) is 0 Å². The van der Waals surface area contributed by atoms with Crippen molar-refractivity contribution in [3.63, 3.8) is 0 Å². The fraction of sp³-hybridized carbons (Fsp3) is 0.0390. The minimum atomic E-state index is 0.841. The summed E-state index contributed by atoms with van der Waals surface area (Å²) in [5.74, 6) is 0. The molecular formula is C77H54N2O2. The summed E-state index contributed by atoms with van der Waals surface area (Å²) in [5.41, 5.74) is 22.6. The Labute approximate surface area is 470 Å². The molecule has 0 aliphatic carbocycles. The van der Waals surface area contributed by atoms with Gasteiger partial charge in [0.2, 0.25) is 0 Å². The van der Waals surface area contributed by atoms with E-state index in [0.29, 0.717) is 0 Å². The highest BCUT2D eigenvalue weighted by molar-refractivity contribution is 6.20. The largest absolute Gasteiger partial charge is 0.456 e. The number of benzene rings is 13. The summed E-state index contributed by atoms with van der Waals surface area (Å²) in [6.07, 6.45) is 0. The first kappa shape index (κ1) is 47.8. The lowest BCUT2D eigenvalue weighted by atomic mass is 9.95. The van der Waals surface area contributed by atoms with Crippen molar-refractivity contribution in [3.05, 3.63) is 290 Å². The molecule has 0 saturated carbocycles. The van der Waals surface area contributed by atoms with Crippen molar-refractivity contribution >= 4 is 99.5 Å². The van der Waals surface area contributed by atoms with Crippen LogP contribution in [-0.2, 0) is 0 Å². The molecule has 4 nitrogen and oxygen atoms in total. The van der Waals surface area contributed by atoms with Crippen LogP contribution in [0.2, 0.25) is 0 Å². The van der Waals surface area contributed by atoms with Gasteiger partial charge in [-0.15, -0.1) is 0 Å². The molecule has 0 atom stereocenters. The SMILES string of the molecule is Cc1ccccc1N(c1ccc2cc3c(cc2c1)oc1c(C)c2oc4cc5cc(N(c6ccccc6C)c6ccc(-c7ccccc7)cc6-c6ccccc6)ccc5cc4c2cc13)c1ccc(-c2ccccc2)cc1-c1ccccc1. The summed E-state index contributed by atoms with van der Waals surface area (Å²) in [6.45, 7) is 6.52. The van der Waals surface area contributed by atoms with Crippen LogP contribution in [0.3, 0.4) is 0 Å². The van der Waals surface area contributed by atoms with Gasteiger partial charge in [-0.25, -0.2) is 0 Å². The van der Waals surface area contributed by atoms with Crippen LogP contribution in [0.5, 0.6) is 0 Å². The molecule has 384 valence electrons. The fourth-order valence-corrected chi connectivity index (χ4v) is 12.3. The lowest BCUT2D eigenvalue weighted by Gasteiger charge is -2.30. The quantitative estimate of drug-likeness (QED) is 0.137. The molecule has 0 spiro atoms. The molecule has 0 radical (unpaired) electrons. The summed E-state index contributed by atoms with van der Waals surface area (Å²) >= 11 is 0. The summed E-state index contributed by atoms with van der Waals surface area (Å²) in [4.78, 5) is 4.82. The number of nitrogens with zero attached hydrogens (tertiary/aromatic N) is 2. The number of aryl methyl sites for hydroxylation is 3. The highest BCUT2D eigenvalue weighted by Crippen LogP contribution is 2.48. The van der Waals surface area contributed by atoms with Crippen LogP contribution >= 0.6 is 0 Å².